The van der Waals surface area contributed by atoms with Crippen LogP contribution in [-0.2, 0) is 0 Å². The average molecular weight is 255 g/mol. The van der Waals surface area contributed by atoms with Crippen molar-refractivity contribution in [1.29, 1.82) is 0 Å². The average Bonchev–Trinajstić information content (AvgIpc) is 2.45. The second-order valence-electron chi connectivity index (χ2n) is 4.66. The van der Waals surface area contributed by atoms with Crippen molar-refractivity contribution in [1.82, 2.24) is 4.98 Å². The lowest BCUT2D eigenvalue weighted by molar-refractivity contribution is 0.641. The number of likely N-dealkylation sites (N-methyl/N-ethyl adjacent to an activating group) is 1. The van der Waals surface area contributed by atoms with Gasteiger partial charge >= 0.3 is 0 Å². The van der Waals surface area contributed by atoms with E-state index in [0.29, 0.717) is 6.54 Å². The molecule has 0 amide bonds. The number of hydrogen-bond acceptors (Lipinski definition) is 3. The first-order valence-corrected chi connectivity index (χ1v) is 6.69. The Morgan fingerprint density at radius 1 is 1.26 bits per heavy atom. The Hall–Kier alpha value is -1.87. The molecule has 100 valence electrons. The molecule has 2 rings (SSSR count). The van der Waals surface area contributed by atoms with Crippen molar-refractivity contribution in [3.05, 3.63) is 59.9 Å². The van der Waals surface area contributed by atoms with E-state index < -0.39 is 0 Å². The normalized spacial score (nSPS) is 12.2. The Morgan fingerprint density at radius 3 is 2.68 bits per heavy atom. The van der Waals surface area contributed by atoms with Gasteiger partial charge in [-0.2, -0.15) is 0 Å². The number of rotatable bonds is 5. The highest BCUT2D eigenvalue weighted by atomic mass is 15.2. The molecule has 0 saturated carbocycles. The van der Waals surface area contributed by atoms with Gasteiger partial charge in [0, 0.05) is 31.2 Å². The van der Waals surface area contributed by atoms with E-state index in [2.05, 4.69) is 54.1 Å². The first kappa shape index (κ1) is 13.6. The Morgan fingerprint density at radius 2 is 2.11 bits per heavy atom. The van der Waals surface area contributed by atoms with E-state index in [0.717, 1.165) is 12.1 Å². The standard InChI is InChI=1S/C16H21N3/c1-3-19(15-8-4-6-13(2)10-15)16(11-17)14-7-5-9-18-12-14/h4-10,12,16H,3,11,17H2,1-2H3. The molecular weight excluding hydrogens is 234 g/mol. The number of aryl methyl sites for hydroxylation is 1. The first-order chi connectivity index (χ1) is 9.26. The predicted octanol–water partition coefficient (Wildman–Crippen LogP) is 2.92. The highest BCUT2D eigenvalue weighted by Crippen LogP contribution is 2.26. The number of benzene rings is 1. The van der Waals surface area contributed by atoms with Gasteiger partial charge in [-0.05, 0) is 43.2 Å². The Balaban J connectivity index is 2.34. The molecule has 1 unspecified atom stereocenters. The van der Waals surface area contributed by atoms with Gasteiger partial charge in [0.1, 0.15) is 0 Å². The number of aromatic nitrogens is 1. The molecule has 0 aliphatic heterocycles. The SMILES string of the molecule is CCN(c1cccc(C)c1)C(CN)c1cccnc1. The Labute approximate surface area is 115 Å². The Kier molecular flexibility index (Phi) is 4.53. The molecule has 0 fully saturated rings. The van der Waals surface area contributed by atoms with Crippen molar-refractivity contribution >= 4 is 5.69 Å². The van der Waals surface area contributed by atoms with Crippen LogP contribution in [0.3, 0.4) is 0 Å². The van der Waals surface area contributed by atoms with Crippen molar-refractivity contribution in [3.63, 3.8) is 0 Å². The lowest BCUT2D eigenvalue weighted by Gasteiger charge is -2.32. The highest BCUT2D eigenvalue weighted by Gasteiger charge is 2.18. The van der Waals surface area contributed by atoms with Gasteiger partial charge in [-0.15, -0.1) is 0 Å². The van der Waals surface area contributed by atoms with Crippen LogP contribution in [0.15, 0.2) is 48.8 Å². The van der Waals surface area contributed by atoms with Crippen LogP contribution in [0.1, 0.15) is 24.1 Å². The van der Waals surface area contributed by atoms with Gasteiger partial charge in [-0.1, -0.05) is 18.2 Å². The molecule has 1 atom stereocenters. The molecule has 0 aliphatic rings. The maximum atomic E-state index is 5.99. The largest absolute Gasteiger partial charge is 0.363 e. The summed E-state index contributed by atoms with van der Waals surface area (Å²) in [6, 6.07) is 12.7. The summed E-state index contributed by atoms with van der Waals surface area (Å²) in [6.07, 6.45) is 3.69. The third-order valence-corrected chi connectivity index (χ3v) is 3.34. The highest BCUT2D eigenvalue weighted by molar-refractivity contribution is 5.50. The Bertz CT molecular complexity index is 510. The molecular formula is C16H21N3. The second-order valence-corrected chi connectivity index (χ2v) is 4.66. The lowest BCUT2D eigenvalue weighted by atomic mass is 10.1. The molecule has 3 heteroatoms. The van der Waals surface area contributed by atoms with Crippen molar-refractivity contribution in [2.75, 3.05) is 18.0 Å². The molecule has 0 saturated heterocycles. The van der Waals surface area contributed by atoms with Crippen LogP contribution in [0.2, 0.25) is 0 Å². The summed E-state index contributed by atoms with van der Waals surface area (Å²) in [5.41, 5.74) is 9.62. The molecule has 3 nitrogen and oxygen atoms in total. The zero-order chi connectivity index (χ0) is 13.7. The summed E-state index contributed by atoms with van der Waals surface area (Å²) < 4.78 is 0. The van der Waals surface area contributed by atoms with Gasteiger partial charge in [0.2, 0.25) is 0 Å². The molecule has 0 bridgehead atoms. The summed E-state index contributed by atoms with van der Waals surface area (Å²) in [6.45, 7) is 5.76. The molecule has 0 radical (unpaired) electrons. The van der Waals surface area contributed by atoms with Crippen molar-refractivity contribution in [3.8, 4) is 0 Å². The van der Waals surface area contributed by atoms with E-state index in [1.807, 2.05) is 12.3 Å². The molecule has 0 spiro atoms. The van der Waals surface area contributed by atoms with E-state index in [1.165, 1.54) is 11.3 Å². The minimum absolute atomic E-state index is 0.167. The molecule has 2 aromatic rings. The molecule has 2 N–H and O–H groups in total. The van der Waals surface area contributed by atoms with Crippen LogP contribution in [0.4, 0.5) is 5.69 Å². The van der Waals surface area contributed by atoms with E-state index in [9.17, 15) is 0 Å². The van der Waals surface area contributed by atoms with Crippen LogP contribution in [0.25, 0.3) is 0 Å². The van der Waals surface area contributed by atoms with Crippen molar-refractivity contribution < 1.29 is 0 Å². The first-order valence-electron chi connectivity index (χ1n) is 6.69. The van der Waals surface area contributed by atoms with Crippen LogP contribution in [-0.4, -0.2) is 18.1 Å². The quantitative estimate of drug-likeness (QED) is 0.893. The smallest absolute Gasteiger partial charge is 0.0679 e. The van der Waals surface area contributed by atoms with E-state index in [-0.39, 0.29) is 6.04 Å². The van der Waals surface area contributed by atoms with Crippen molar-refractivity contribution in [2.45, 2.75) is 19.9 Å². The number of hydrogen-bond donors (Lipinski definition) is 1. The minimum atomic E-state index is 0.167. The molecule has 0 aliphatic carbocycles. The third kappa shape index (κ3) is 3.12. The molecule has 19 heavy (non-hydrogen) atoms. The van der Waals surface area contributed by atoms with Crippen LogP contribution in [0.5, 0.6) is 0 Å². The zero-order valence-corrected chi connectivity index (χ0v) is 11.6. The molecule has 1 aromatic heterocycles. The van der Waals surface area contributed by atoms with Gasteiger partial charge in [0.15, 0.2) is 0 Å². The second kappa shape index (κ2) is 6.34. The summed E-state index contributed by atoms with van der Waals surface area (Å²) in [4.78, 5) is 6.52. The van der Waals surface area contributed by atoms with Crippen molar-refractivity contribution in [2.24, 2.45) is 5.73 Å². The number of pyridine rings is 1. The van der Waals surface area contributed by atoms with Crippen LogP contribution in [0, 0.1) is 6.92 Å². The third-order valence-electron chi connectivity index (χ3n) is 3.34. The summed E-state index contributed by atoms with van der Waals surface area (Å²) in [5, 5.41) is 0. The van der Waals surface area contributed by atoms with Gasteiger partial charge in [0.25, 0.3) is 0 Å². The maximum absolute atomic E-state index is 5.99. The van der Waals surface area contributed by atoms with E-state index in [4.69, 9.17) is 5.73 Å². The van der Waals surface area contributed by atoms with Gasteiger partial charge in [-0.25, -0.2) is 0 Å². The van der Waals surface area contributed by atoms with E-state index in [1.54, 1.807) is 6.20 Å². The van der Waals surface area contributed by atoms with Gasteiger partial charge < -0.3 is 10.6 Å². The lowest BCUT2D eigenvalue weighted by Crippen LogP contribution is -2.33. The summed E-state index contributed by atoms with van der Waals surface area (Å²) in [7, 11) is 0. The number of nitrogens with two attached hydrogens (primary N) is 1. The van der Waals surface area contributed by atoms with E-state index >= 15 is 0 Å². The van der Waals surface area contributed by atoms with Crippen LogP contribution < -0.4 is 10.6 Å². The monoisotopic (exact) mass is 255 g/mol. The van der Waals surface area contributed by atoms with Gasteiger partial charge in [-0.3, -0.25) is 4.98 Å². The zero-order valence-electron chi connectivity index (χ0n) is 11.6. The number of nitrogens with zero attached hydrogens (tertiary/aromatic N) is 2. The number of anilines is 1. The fraction of sp³-hybridized carbons (Fsp3) is 0.312. The molecule has 1 heterocycles. The fourth-order valence-electron chi connectivity index (χ4n) is 2.41. The minimum Gasteiger partial charge on any atom is -0.363 e. The van der Waals surface area contributed by atoms with Gasteiger partial charge in [0.05, 0.1) is 6.04 Å². The summed E-state index contributed by atoms with van der Waals surface area (Å²) >= 11 is 0. The molecule has 1 aromatic carbocycles. The van der Waals surface area contributed by atoms with Crippen LogP contribution >= 0.6 is 0 Å². The predicted molar refractivity (Wildman–Crippen MR) is 80.2 cm³/mol. The maximum Gasteiger partial charge on any atom is 0.0679 e. The topological polar surface area (TPSA) is 42.1 Å². The summed E-state index contributed by atoms with van der Waals surface area (Å²) in [5.74, 6) is 0. The fourth-order valence-corrected chi connectivity index (χ4v) is 2.41.